The summed E-state index contributed by atoms with van der Waals surface area (Å²) >= 11 is 0. The molecule has 0 fully saturated rings. The van der Waals surface area contributed by atoms with Gasteiger partial charge in [-0.25, -0.2) is 15.0 Å². The molecule has 3 N–H and O–H groups in total. The van der Waals surface area contributed by atoms with Crippen molar-refractivity contribution in [2.45, 2.75) is 26.8 Å². The normalized spacial score (nSPS) is 14.1. The number of urea groups is 1. The lowest BCUT2D eigenvalue weighted by Gasteiger charge is -2.28. The highest BCUT2D eigenvalue weighted by molar-refractivity contribution is 5.95. The van der Waals surface area contributed by atoms with Crippen LogP contribution in [0.3, 0.4) is 0 Å². The summed E-state index contributed by atoms with van der Waals surface area (Å²) in [6, 6.07) is 34.3. The number of nitrogens with zero attached hydrogens (tertiary/aromatic N) is 2. The van der Waals surface area contributed by atoms with Gasteiger partial charge in [-0.05, 0) is 67.8 Å². The number of allylic oxidation sites excluding steroid dienone is 1. The smallest absolute Gasteiger partial charge is 0.338 e. The molecule has 1 aliphatic rings. The Morgan fingerprint density at radius 2 is 1.58 bits per heavy atom. The monoisotopic (exact) mass is 697 g/mol. The van der Waals surface area contributed by atoms with Crippen molar-refractivity contribution in [1.29, 1.82) is 0 Å². The Balaban J connectivity index is 1.22. The molecule has 264 valence electrons. The number of carbonyl (C=O) groups excluding carboxylic acids is 3. The average Bonchev–Trinajstić information content (AvgIpc) is 3.54. The molecule has 0 unspecified atom stereocenters. The predicted octanol–water partition coefficient (Wildman–Crippen LogP) is 6.85. The molecule has 5 aromatic rings. The molecule has 1 atom stereocenters. The van der Waals surface area contributed by atoms with Crippen molar-refractivity contribution < 1.29 is 28.6 Å². The van der Waals surface area contributed by atoms with Crippen LogP contribution in [0.25, 0.3) is 28.2 Å². The largest absolute Gasteiger partial charge is 0.493 e. The van der Waals surface area contributed by atoms with Crippen molar-refractivity contribution in [3.05, 3.63) is 137 Å². The molecule has 1 aliphatic heterocycles. The van der Waals surface area contributed by atoms with Gasteiger partial charge in [0.1, 0.15) is 0 Å². The zero-order valence-electron chi connectivity index (χ0n) is 29.3. The third kappa shape index (κ3) is 7.73. The Hall–Kier alpha value is -6.62. The lowest BCUT2D eigenvalue weighted by molar-refractivity contribution is -0.139. The number of amides is 3. The van der Waals surface area contributed by atoms with Crippen LogP contribution >= 0.6 is 0 Å². The molecule has 0 bridgehead atoms. The Kier molecular flexibility index (Phi) is 10.8. The molecular formula is C41H39N5O6. The van der Waals surface area contributed by atoms with Gasteiger partial charge in [0.15, 0.2) is 18.1 Å². The number of benzene rings is 4. The quantitative estimate of drug-likeness (QED) is 0.0743. The zero-order chi connectivity index (χ0) is 36.6. The van der Waals surface area contributed by atoms with Crippen LogP contribution in [0.2, 0.25) is 0 Å². The first kappa shape index (κ1) is 35.2. The first-order chi connectivity index (χ1) is 25.3. The van der Waals surface area contributed by atoms with Crippen LogP contribution in [-0.4, -0.2) is 49.0 Å². The molecule has 0 aliphatic carbocycles. The summed E-state index contributed by atoms with van der Waals surface area (Å²) in [6.07, 6.45) is 1.64. The van der Waals surface area contributed by atoms with Gasteiger partial charge in [0, 0.05) is 16.9 Å². The van der Waals surface area contributed by atoms with Crippen molar-refractivity contribution in [3.63, 3.8) is 0 Å². The van der Waals surface area contributed by atoms with E-state index >= 15 is 0 Å². The molecule has 0 saturated carbocycles. The number of esters is 1. The van der Waals surface area contributed by atoms with Crippen LogP contribution in [0.1, 0.15) is 36.6 Å². The van der Waals surface area contributed by atoms with Gasteiger partial charge in [-0.15, -0.1) is 0 Å². The fourth-order valence-electron chi connectivity index (χ4n) is 6.06. The summed E-state index contributed by atoms with van der Waals surface area (Å²) < 4.78 is 18.8. The Bertz CT molecular complexity index is 2140. The van der Waals surface area contributed by atoms with Crippen LogP contribution < -0.4 is 25.5 Å². The van der Waals surface area contributed by atoms with E-state index in [0.29, 0.717) is 17.0 Å². The highest BCUT2D eigenvalue weighted by atomic mass is 16.5. The summed E-state index contributed by atoms with van der Waals surface area (Å²) in [5, 5.41) is 9.70. The second-order valence-electron chi connectivity index (χ2n) is 12.0. The molecule has 6 rings (SSSR count). The number of aromatic nitrogens is 1. The molecule has 11 heteroatoms. The Labute approximate surface area is 301 Å². The van der Waals surface area contributed by atoms with Gasteiger partial charge in [-0.2, -0.15) is 5.10 Å². The van der Waals surface area contributed by atoms with Gasteiger partial charge >= 0.3 is 12.0 Å². The molecule has 0 spiro atoms. The van der Waals surface area contributed by atoms with E-state index in [9.17, 15) is 14.4 Å². The molecule has 0 radical (unpaired) electrons. The highest BCUT2D eigenvalue weighted by Crippen LogP contribution is 2.36. The second-order valence-corrected chi connectivity index (χ2v) is 12.0. The van der Waals surface area contributed by atoms with Crippen LogP contribution in [0, 0.1) is 6.92 Å². The first-order valence-corrected chi connectivity index (χ1v) is 16.8. The number of hydrogen-bond acceptors (Lipinski definition) is 7. The van der Waals surface area contributed by atoms with E-state index in [1.807, 2.05) is 48.5 Å². The van der Waals surface area contributed by atoms with Crippen LogP contribution in [0.5, 0.6) is 11.5 Å². The lowest BCUT2D eigenvalue weighted by atomic mass is 9.95. The van der Waals surface area contributed by atoms with Crippen molar-refractivity contribution in [1.82, 2.24) is 20.6 Å². The fraction of sp³-hybridized carbons (Fsp3) is 0.171. The Morgan fingerprint density at radius 1 is 0.885 bits per heavy atom. The van der Waals surface area contributed by atoms with E-state index in [1.165, 1.54) is 7.11 Å². The van der Waals surface area contributed by atoms with E-state index < -0.39 is 23.9 Å². The fourth-order valence-corrected chi connectivity index (χ4v) is 6.06. The molecule has 3 amide bonds. The summed E-state index contributed by atoms with van der Waals surface area (Å²) in [4.78, 5) is 38.0. The number of aryl methyl sites for hydroxylation is 1. The number of hydrogen-bond donors (Lipinski definition) is 3. The van der Waals surface area contributed by atoms with E-state index in [1.54, 1.807) is 38.3 Å². The molecular weight excluding hydrogens is 658 g/mol. The van der Waals surface area contributed by atoms with E-state index in [2.05, 4.69) is 75.1 Å². The molecule has 52 heavy (non-hydrogen) atoms. The van der Waals surface area contributed by atoms with E-state index in [4.69, 9.17) is 14.2 Å². The second kappa shape index (κ2) is 15.9. The number of methoxy groups -OCH3 is 1. The summed E-state index contributed by atoms with van der Waals surface area (Å²) in [7, 11) is 1.46. The minimum Gasteiger partial charge on any atom is -0.493 e. The maximum atomic E-state index is 13.0. The van der Waals surface area contributed by atoms with Crippen molar-refractivity contribution in [3.8, 4) is 39.7 Å². The molecule has 11 nitrogen and oxygen atoms in total. The summed E-state index contributed by atoms with van der Waals surface area (Å²) in [5.74, 6) is -0.439. The number of hydrazone groups is 1. The molecule has 1 aromatic heterocycles. The number of rotatable bonds is 12. The highest BCUT2D eigenvalue weighted by Gasteiger charge is 2.32. The number of nitrogens with one attached hydrogen (secondary N) is 3. The third-order valence-corrected chi connectivity index (χ3v) is 8.48. The standard InChI is InChI=1S/C41H39N5O6/c1-5-51-40(48)37-27(3)43-41(49)44-38(37)30-18-21-34(35(23-30)50-4)52-25-36(47)45-42-24-31-22-33(28-12-8-6-9-13-28)46(32-19-16-26(2)17-20-32)39(31)29-14-10-7-11-15-29/h6-24,38H,5,25H2,1-4H3,(H,45,47)(H2,43,44,49)/b42-24-/t38-/m1/s1. The van der Waals surface area contributed by atoms with Gasteiger partial charge in [-0.1, -0.05) is 84.4 Å². The predicted molar refractivity (Wildman–Crippen MR) is 199 cm³/mol. The topological polar surface area (TPSA) is 132 Å². The maximum Gasteiger partial charge on any atom is 0.338 e. The molecule has 2 heterocycles. The van der Waals surface area contributed by atoms with Gasteiger partial charge in [0.25, 0.3) is 5.91 Å². The lowest BCUT2D eigenvalue weighted by Crippen LogP contribution is -2.45. The molecule has 4 aromatic carbocycles. The maximum absolute atomic E-state index is 13.0. The first-order valence-electron chi connectivity index (χ1n) is 16.8. The van der Waals surface area contributed by atoms with Crippen molar-refractivity contribution in [2.75, 3.05) is 20.3 Å². The van der Waals surface area contributed by atoms with E-state index in [-0.39, 0.29) is 24.5 Å². The van der Waals surface area contributed by atoms with Crippen molar-refractivity contribution >= 4 is 24.1 Å². The zero-order valence-corrected chi connectivity index (χ0v) is 29.3. The van der Waals surface area contributed by atoms with Crippen molar-refractivity contribution in [2.24, 2.45) is 5.10 Å². The SMILES string of the molecule is CCOC(=O)C1=C(C)NC(=O)N[C@@H]1c1ccc(OCC(=O)N/N=C\c2cc(-c3ccccc3)n(-c3ccc(C)cc3)c2-c2ccccc2)c(OC)c1. The van der Waals surface area contributed by atoms with Gasteiger partial charge in [0.05, 0.1) is 42.9 Å². The Morgan fingerprint density at radius 3 is 2.25 bits per heavy atom. The minimum atomic E-state index is -0.780. The minimum absolute atomic E-state index is 0.182. The van der Waals surface area contributed by atoms with Crippen LogP contribution in [0.4, 0.5) is 4.79 Å². The summed E-state index contributed by atoms with van der Waals surface area (Å²) in [5.41, 5.74) is 10.7. The number of carbonyl (C=O) groups is 3. The molecule has 0 saturated heterocycles. The third-order valence-electron chi connectivity index (χ3n) is 8.48. The van der Waals surface area contributed by atoms with Crippen LogP contribution in [-0.2, 0) is 14.3 Å². The number of ether oxygens (including phenoxy) is 3. The van der Waals surface area contributed by atoms with Gasteiger partial charge < -0.3 is 29.4 Å². The van der Waals surface area contributed by atoms with E-state index in [0.717, 1.165) is 39.3 Å². The van der Waals surface area contributed by atoms with Gasteiger partial charge in [-0.3, -0.25) is 4.79 Å². The van der Waals surface area contributed by atoms with Gasteiger partial charge in [0.2, 0.25) is 0 Å². The summed E-state index contributed by atoms with van der Waals surface area (Å²) in [6.45, 7) is 5.24. The average molecular weight is 698 g/mol. The van der Waals surface area contributed by atoms with Crippen LogP contribution in [0.15, 0.2) is 126 Å².